The van der Waals surface area contributed by atoms with Crippen LogP contribution in [0.3, 0.4) is 0 Å². The van der Waals surface area contributed by atoms with Gasteiger partial charge in [0.05, 0.1) is 0 Å². The Morgan fingerprint density at radius 1 is 1.38 bits per heavy atom. The molecule has 1 aliphatic rings. The van der Waals surface area contributed by atoms with Crippen molar-refractivity contribution in [3.8, 4) is 0 Å². The van der Waals surface area contributed by atoms with E-state index in [1.807, 2.05) is 13.1 Å². The van der Waals surface area contributed by atoms with Crippen molar-refractivity contribution in [2.45, 2.75) is 46.1 Å². The molecule has 0 radical (unpaired) electrons. The Balaban J connectivity index is 1.74. The minimum absolute atomic E-state index is 0.646. The fourth-order valence-electron chi connectivity index (χ4n) is 2.30. The second kappa shape index (κ2) is 4.96. The number of hydrogen-bond acceptors (Lipinski definition) is 2. The highest BCUT2D eigenvalue weighted by molar-refractivity contribution is 5.13. The summed E-state index contributed by atoms with van der Waals surface area (Å²) < 4.78 is 0. The average Bonchev–Trinajstić information content (AvgIpc) is 3.02. The Hall–Kier alpha value is -0.890. The fourth-order valence-corrected chi connectivity index (χ4v) is 2.30. The molecule has 0 bridgehead atoms. The summed E-state index contributed by atoms with van der Waals surface area (Å²) in [6.07, 6.45) is 7.50. The zero-order chi connectivity index (χ0) is 11.4. The standard InChI is InChI=1S/C14H22N2/c1-3-6-14(7-8-14)11-15-9-13-5-4-12(2)16-10-13/h4-5,10,15H,3,6-9,11H2,1-2H3. The SMILES string of the molecule is CCCC1(CNCc2ccc(C)nc2)CC1. The lowest BCUT2D eigenvalue weighted by atomic mass is 10.0. The molecule has 1 fully saturated rings. The highest BCUT2D eigenvalue weighted by atomic mass is 14.9. The quantitative estimate of drug-likeness (QED) is 0.793. The molecule has 0 unspecified atom stereocenters. The van der Waals surface area contributed by atoms with Crippen LogP contribution in [0.1, 0.15) is 43.9 Å². The molecule has 1 aromatic heterocycles. The summed E-state index contributed by atoms with van der Waals surface area (Å²) in [4.78, 5) is 4.31. The van der Waals surface area contributed by atoms with E-state index in [9.17, 15) is 0 Å². The Morgan fingerprint density at radius 2 is 2.19 bits per heavy atom. The molecule has 0 spiro atoms. The lowest BCUT2D eigenvalue weighted by Gasteiger charge is -2.14. The van der Waals surface area contributed by atoms with E-state index in [0.717, 1.165) is 12.2 Å². The summed E-state index contributed by atoms with van der Waals surface area (Å²) in [6.45, 7) is 6.44. The summed E-state index contributed by atoms with van der Waals surface area (Å²) in [5.74, 6) is 0. The van der Waals surface area contributed by atoms with E-state index < -0.39 is 0 Å². The maximum atomic E-state index is 4.31. The van der Waals surface area contributed by atoms with Gasteiger partial charge >= 0.3 is 0 Å². The number of pyridine rings is 1. The molecule has 1 aromatic rings. The Bertz CT molecular complexity index is 325. The van der Waals surface area contributed by atoms with Gasteiger partial charge in [-0.1, -0.05) is 19.4 Å². The number of hydrogen-bond donors (Lipinski definition) is 1. The first kappa shape index (κ1) is 11.6. The molecule has 0 aromatic carbocycles. The van der Waals surface area contributed by atoms with Crippen molar-refractivity contribution in [3.05, 3.63) is 29.6 Å². The monoisotopic (exact) mass is 218 g/mol. The third-order valence-corrected chi connectivity index (χ3v) is 3.54. The first-order valence-electron chi connectivity index (χ1n) is 6.36. The summed E-state index contributed by atoms with van der Waals surface area (Å²) in [7, 11) is 0. The average molecular weight is 218 g/mol. The molecule has 0 aliphatic heterocycles. The topological polar surface area (TPSA) is 24.9 Å². The second-order valence-corrected chi connectivity index (χ2v) is 5.16. The van der Waals surface area contributed by atoms with E-state index in [2.05, 4.69) is 29.4 Å². The van der Waals surface area contributed by atoms with Crippen LogP contribution in [0.5, 0.6) is 0 Å². The van der Waals surface area contributed by atoms with Gasteiger partial charge in [0.2, 0.25) is 0 Å². The molecular formula is C14H22N2. The molecule has 2 heteroatoms. The van der Waals surface area contributed by atoms with E-state index >= 15 is 0 Å². The lowest BCUT2D eigenvalue weighted by molar-refractivity contribution is 0.420. The van der Waals surface area contributed by atoms with E-state index in [0.29, 0.717) is 5.41 Å². The van der Waals surface area contributed by atoms with Crippen LogP contribution in [0.4, 0.5) is 0 Å². The molecular weight excluding hydrogens is 196 g/mol. The van der Waals surface area contributed by atoms with Gasteiger partial charge in [0.15, 0.2) is 0 Å². The van der Waals surface area contributed by atoms with Crippen LogP contribution < -0.4 is 5.32 Å². The number of aryl methyl sites for hydroxylation is 1. The number of rotatable bonds is 6. The van der Waals surface area contributed by atoms with E-state index in [1.165, 1.54) is 37.8 Å². The molecule has 1 aliphatic carbocycles. The van der Waals surface area contributed by atoms with Crippen molar-refractivity contribution in [2.24, 2.45) is 5.41 Å². The van der Waals surface area contributed by atoms with Crippen molar-refractivity contribution in [1.29, 1.82) is 0 Å². The zero-order valence-electron chi connectivity index (χ0n) is 10.4. The molecule has 2 nitrogen and oxygen atoms in total. The zero-order valence-corrected chi connectivity index (χ0v) is 10.4. The maximum Gasteiger partial charge on any atom is 0.0372 e. The van der Waals surface area contributed by atoms with Crippen LogP contribution in [-0.2, 0) is 6.54 Å². The van der Waals surface area contributed by atoms with Gasteiger partial charge in [0.25, 0.3) is 0 Å². The van der Waals surface area contributed by atoms with Crippen molar-refractivity contribution in [1.82, 2.24) is 10.3 Å². The molecule has 0 saturated heterocycles. The summed E-state index contributed by atoms with van der Waals surface area (Å²) in [5, 5.41) is 3.57. The highest BCUT2D eigenvalue weighted by Gasteiger charge is 2.40. The van der Waals surface area contributed by atoms with Gasteiger partial charge in [0, 0.05) is 25.0 Å². The van der Waals surface area contributed by atoms with Gasteiger partial charge in [-0.25, -0.2) is 0 Å². The van der Waals surface area contributed by atoms with Crippen molar-refractivity contribution >= 4 is 0 Å². The Kier molecular flexibility index (Phi) is 3.59. The van der Waals surface area contributed by atoms with Gasteiger partial charge in [-0.3, -0.25) is 4.98 Å². The van der Waals surface area contributed by atoms with Crippen molar-refractivity contribution < 1.29 is 0 Å². The Labute approximate surface area is 98.5 Å². The molecule has 1 N–H and O–H groups in total. The first-order chi connectivity index (χ1) is 7.74. The van der Waals surface area contributed by atoms with E-state index in [4.69, 9.17) is 0 Å². The van der Waals surface area contributed by atoms with Gasteiger partial charge in [0.1, 0.15) is 0 Å². The van der Waals surface area contributed by atoms with Crippen LogP contribution in [0, 0.1) is 12.3 Å². The molecule has 0 atom stereocenters. The highest BCUT2D eigenvalue weighted by Crippen LogP contribution is 2.48. The van der Waals surface area contributed by atoms with Gasteiger partial charge in [-0.15, -0.1) is 0 Å². The smallest absolute Gasteiger partial charge is 0.0372 e. The van der Waals surface area contributed by atoms with E-state index in [1.54, 1.807) is 0 Å². The molecule has 1 saturated carbocycles. The lowest BCUT2D eigenvalue weighted by Crippen LogP contribution is -2.23. The first-order valence-corrected chi connectivity index (χ1v) is 6.36. The number of nitrogens with zero attached hydrogens (tertiary/aromatic N) is 1. The molecule has 88 valence electrons. The molecule has 16 heavy (non-hydrogen) atoms. The normalized spacial score (nSPS) is 17.4. The third kappa shape index (κ3) is 3.05. The number of aromatic nitrogens is 1. The van der Waals surface area contributed by atoms with Gasteiger partial charge in [-0.05, 0) is 43.2 Å². The van der Waals surface area contributed by atoms with Gasteiger partial charge in [-0.2, -0.15) is 0 Å². The molecule has 0 amide bonds. The van der Waals surface area contributed by atoms with Crippen LogP contribution in [0.15, 0.2) is 18.3 Å². The fraction of sp³-hybridized carbons (Fsp3) is 0.643. The summed E-state index contributed by atoms with van der Waals surface area (Å²) in [6, 6.07) is 4.24. The van der Waals surface area contributed by atoms with Gasteiger partial charge < -0.3 is 5.32 Å². The predicted molar refractivity (Wildman–Crippen MR) is 67.3 cm³/mol. The Morgan fingerprint density at radius 3 is 2.75 bits per heavy atom. The number of nitrogens with one attached hydrogen (secondary N) is 1. The van der Waals surface area contributed by atoms with Crippen LogP contribution in [-0.4, -0.2) is 11.5 Å². The van der Waals surface area contributed by atoms with Crippen LogP contribution >= 0.6 is 0 Å². The summed E-state index contributed by atoms with van der Waals surface area (Å²) >= 11 is 0. The van der Waals surface area contributed by atoms with Crippen LogP contribution in [0.25, 0.3) is 0 Å². The van der Waals surface area contributed by atoms with Crippen LogP contribution in [0.2, 0.25) is 0 Å². The molecule has 1 heterocycles. The third-order valence-electron chi connectivity index (χ3n) is 3.54. The molecule has 2 rings (SSSR count). The second-order valence-electron chi connectivity index (χ2n) is 5.16. The maximum absolute atomic E-state index is 4.31. The van der Waals surface area contributed by atoms with E-state index in [-0.39, 0.29) is 0 Å². The minimum Gasteiger partial charge on any atom is -0.312 e. The predicted octanol–water partition coefficient (Wildman–Crippen LogP) is 3.06. The van der Waals surface area contributed by atoms with Crippen molar-refractivity contribution in [2.75, 3.05) is 6.54 Å². The summed E-state index contributed by atoms with van der Waals surface area (Å²) in [5.41, 5.74) is 3.03. The largest absolute Gasteiger partial charge is 0.312 e. The van der Waals surface area contributed by atoms with Crippen molar-refractivity contribution in [3.63, 3.8) is 0 Å². The minimum atomic E-state index is 0.646.